The van der Waals surface area contributed by atoms with E-state index in [2.05, 4.69) is 24.4 Å². The first kappa shape index (κ1) is 20.4. The second-order valence-corrected chi connectivity index (χ2v) is 8.03. The number of nitrogens with one attached hydrogen (secondary N) is 1. The summed E-state index contributed by atoms with van der Waals surface area (Å²) >= 11 is 0. The van der Waals surface area contributed by atoms with Crippen LogP contribution in [-0.2, 0) is 11.3 Å². The molecule has 2 unspecified atom stereocenters. The molecular formula is C25H29N3O2. The van der Waals surface area contributed by atoms with E-state index in [9.17, 15) is 4.79 Å². The zero-order chi connectivity index (χ0) is 20.8. The Balaban J connectivity index is 1.50. The van der Waals surface area contributed by atoms with E-state index in [-0.39, 0.29) is 11.9 Å². The summed E-state index contributed by atoms with van der Waals surface area (Å²) in [5, 5.41) is 7.91. The molecule has 156 valence electrons. The largest absolute Gasteiger partial charge is 0.378 e. The van der Waals surface area contributed by atoms with E-state index in [4.69, 9.17) is 9.84 Å². The van der Waals surface area contributed by atoms with E-state index < -0.39 is 0 Å². The van der Waals surface area contributed by atoms with Gasteiger partial charge in [-0.3, -0.25) is 9.48 Å². The fourth-order valence-electron chi connectivity index (χ4n) is 3.93. The first-order valence-corrected chi connectivity index (χ1v) is 10.8. The van der Waals surface area contributed by atoms with Crippen molar-refractivity contribution in [2.75, 3.05) is 6.61 Å². The lowest BCUT2D eigenvalue weighted by Crippen LogP contribution is -2.33. The minimum absolute atomic E-state index is 0.0759. The fraction of sp³-hybridized carbons (Fsp3) is 0.360. The highest BCUT2D eigenvalue weighted by molar-refractivity contribution is 5.99. The van der Waals surface area contributed by atoms with Gasteiger partial charge in [-0.15, -0.1) is 0 Å². The Morgan fingerprint density at radius 1 is 1.17 bits per heavy atom. The first-order valence-electron chi connectivity index (χ1n) is 10.8. The third kappa shape index (κ3) is 5.16. The maximum Gasteiger partial charge on any atom is 0.255 e. The number of hydrogen-bond acceptors (Lipinski definition) is 3. The second-order valence-electron chi connectivity index (χ2n) is 8.03. The Labute approximate surface area is 178 Å². The van der Waals surface area contributed by atoms with Crippen LogP contribution in [0.3, 0.4) is 0 Å². The van der Waals surface area contributed by atoms with Gasteiger partial charge in [-0.25, -0.2) is 0 Å². The molecule has 5 heteroatoms. The number of carbonyl (C=O) groups excluding carboxylic acids is 1. The van der Waals surface area contributed by atoms with Crippen molar-refractivity contribution in [3.63, 3.8) is 0 Å². The van der Waals surface area contributed by atoms with E-state index >= 15 is 0 Å². The number of amides is 1. The first-order chi connectivity index (χ1) is 14.7. The minimum atomic E-state index is -0.0759. The number of rotatable bonds is 8. The van der Waals surface area contributed by atoms with Gasteiger partial charge in [-0.2, -0.15) is 5.10 Å². The van der Waals surface area contributed by atoms with Crippen molar-refractivity contribution in [3.8, 4) is 11.3 Å². The number of hydrogen-bond donors (Lipinski definition) is 1. The molecule has 1 N–H and O–H groups in total. The zero-order valence-corrected chi connectivity index (χ0v) is 17.5. The lowest BCUT2D eigenvalue weighted by Gasteiger charge is -2.16. The summed E-state index contributed by atoms with van der Waals surface area (Å²) in [5.74, 6) is -0.0759. The smallest absolute Gasteiger partial charge is 0.255 e. The molecule has 2 heterocycles. The molecule has 1 aliphatic rings. The molecule has 0 radical (unpaired) electrons. The predicted octanol–water partition coefficient (Wildman–Crippen LogP) is 4.68. The topological polar surface area (TPSA) is 56.1 Å². The van der Waals surface area contributed by atoms with Crippen molar-refractivity contribution in [1.29, 1.82) is 0 Å². The summed E-state index contributed by atoms with van der Waals surface area (Å²) in [5.41, 5.74) is 3.43. The molecule has 30 heavy (non-hydrogen) atoms. The number of nitrogens with zero attached hydrogens (tertiary/aromatic N) is 2. The van der Waals surface area contributed by atoms with Crippen LogP contribution in [0.4, 0.5) is 0 Å². The van der Waals surface area contributed by atoms with Crippen LogP contribution in [0.5, 0.6) is 0 Å². The molecule has 4 rings (SSSR count). The van der Waals surface area contributed by atoms with Gasteiger partial charge in [0.25, 0.3) is 5.91 Å². The number of carbonyl (C=O) groups is 1. The standard InChI is InChI=1S/C25H29N3O2/c1-19(14-15-22-13-8-16-30-22)26-25(29)23-18-28(17-20-9-4-2-5-10-20)27-24(23)21-11-6-3-7-12-21/h2-7,9-12,18-19,22H,8,13-17H2,1H3,(H,26,29). The predicted molar refractivity (Wildman–Crippen MR) is 118 cm³/mol. The number of benzene rings is 2. The summed E-state index contributed by atoms with van der Waals surface area (Å²) in [6, 6.07) is 20.1. The molecule has 1 saturated heterocycles. The fourth-order valence-corrected chi connectivity index (χ4v) is 3.93. The van der Waals surface area contributed by atoms with E-state index in [0.29, 0.717) is 18.2 Å². The van der Waals surface area contributed by atoms with Gasteiger partial charge in [-0.05, 0) is 38.2 Å². The number of ether oxygens (including phenoxy) is 1. The maximum absolute atomic E-state index is 13.1. The van der Waals surface area contributed by atoms with Gasteiger partial charge in [0, 0.05) is 24.4 Å². The van der Waals surface area contributed by atoms with Gasteiger partial charge in [0.05, 0.1) is 18.2 Å². The molecule has 2 atom stereocenters. The number of aromatic nitrogens is 2. The average Bonchev–Trinajstić information content (AvgIpc) is 3.44. The second kappa shape index (κ2) is 9.72. The Morgan fingerprint density at radius 3 is 2.60 bits per heavy atom. The van der Waals surface area contributed by atoms with Gasteiger partial charge in [0.2, 0.25) is 0 Å². The molecule has 3 aromatic rings. The van der Waals surface area contributed by atoms with Crippen LogP contribution < -0.4 is 5.32 Å². The van der Waals surface area contributed by atoms with E-state index in [1.54, 1.807) is 0 Å². The van der Waals surface area contributed by atoms with Crippen LogP contribution in [0.1, 0.15) is 48.5 Å². The molecule has 5 nitrogen and oxygen atoms in total. The van der Waals surface area contributed by atoms with Crippen molar-refractivity contribution >= 4 is 5.91 Å². The summed E-state index contributed by atoms with van der Waals surface area (Å²) in [6.45, 7) is 3.55. The molecule has 0 bridgehead atoms. The van der Waals surface area contributed by atoms with Gasteiger partial charge in [-0.1, -0.05) is 60.7 Å². The van der Waals surface area contributed by atoms with Crippen LogP contribution in [0.25, 0.3) is 11.3 Å². The third-order valence-electron chi connectivity index (χ3n) is 5.56. The van der Waals surface area contributed by atoms with Crippen molar-refractivity contribution in [3.05, 3.63) is 78.0 Å². The van der Waals surface area contributed by atoms with Gasteiger partial charge in [0.15, 0.2) is 0 Å². The Bertz CT molecular complexity index is 947. The highest BCUT2D eigenvalue weighted by Gasteiger charge is 2.21. The van der Waals surface area contributed by atoms with Crippen molar-refractivity contribution in [1.82, 2.24) is 15.1 Å². The molecule has 1 aliphatic heterocycles. The summed E-state index contributed by atoms with van der Waals surface area (Å²) in [4.78, 5) is 13.1. The molecule has 1 aromatic heterocycles. The Morgan fingerprint density at radius 2 is 1.90 bits per heavy atom. The van der Waals surface area contributed by atoms with Crippen LogP contribution >= 0.6 is 0 Å². The molecule has 0 spiro atoms. The van der Waals surface area contributed by atoms with Crippen LogP contribution in [-0.4, -0.2) is 34.4 Å². The van der Waals surface area contributed by atoms with Crippen LogP contribution in [0.2, 0.25) is 0 Å². The molecule has 2 aromatic carbocycles. The van der Waals surface area contributed by atoms with Crippen LogP contribution in [0.15, 0.2) is 66.9 Å². The summed E-state index contributed by atoms with van der Waals surface area (Å²) < 4.78 is 7.55. The summed E-state index contributed by atoms with van der Waals surface area (Å²) in [6.07, 6.45) is 6.38. The lowest BCUT2D eigenvalue weighted by atomic mass is 10.1. The molecule has 1 fully saturated rings. The molecule has 0 aliphatic carbocycles. The van der Waals surface area contributed by atoms with Gasteiger partial charge in [0.1, 0.15) is 5.69 Å². The SMILES string of the molecule is CC(CCC1CCCO1)NC(=O)c1cn(Cc2ccccc2)nc1-c1ccccc1. The molecule has 0 saturated carbocycles. The Kier molecular flexibility index (Phi) is 6.60. The highest BCUT2D eigenvalue weighted by Crippen LogP contribution is 2.23. The van der Waals surface area contributed by atoms with Crippen LogP contribution in [0, 0.1) is 0 Å². The minimum Gasteiger partial charge on any atom is -0.378 e. The van der Waals surface area contributed by atoms with E-state index in [1.807, 2.05) is 59.4 Å². The van der Waals surface area contributed by atoms with E-state index in [1.165, 1.54) is 0 Å². The van der Waals surface area contributed by atoms with Crippen molar-refractivity contribution in [2.24, 2.45) is 0 Å². The van der Waals surface area contributed by atoms with Gasteiger partial charge >= 0.3 is 0 Å². The van der Waals surface area contributed by atoms with E-state index in [0.717, 1.165) is 49.1 Å². The normalized spacial score (nSPS) is 17.0. The third-order valence-corrected chi connectivity index (χ3v) is 5.56. The Hall–Kier alpha value is -2.92. The van der Waals surface area contributed by atoms with Crippen molar-refractivity contribution < 1.29 is 9.53 Å². The molecular weight excluding hydrogens is 374 g/mol. The molecule has 1 amide bonds. The average molecular weight is 404 g/mol. The van der Waals surface area contributed by atoms with Gasteiger partial charge < -0.3 is 10.1 Å². The monoisotopic (exact) mass is 403 g/mol. The summed E-state index contributed by atoms with van der Waals surface area (Å²) in [7, 11) is 0. The lowest BCUT2D eigenvalue weighted by molar-refractivity contribution is 0.0900. The maximum atomic E-state index is 13.1. The highest BCUT2D eigenvalue weighted by atomic mass is 16.5. The quantitative estimate of drug-likeness (QED) is 0.594. The zero-order valence-electron chi connectivity index (χ0n) is 17.5. The van der Waals surface area contributed by atoms with Crippen molar-refractivity contribution in [2.45, 2.75) is 51.3 Å².